The highest BCUT2D eigenvalue weighted by atomic mass is 79.9. The van der Waals surface area contributed by atoms with Crippen molar-refractivity contribution in [3.63, 3.8) is 0 Å². The number of phenolic OH excluding ortho intramolecular Hbond substituents is 1. The maximum Gasteiger partial charge on any atom is 0.250 e. The number of hydrogen-bond acceptors (Lipinski definition) is 8. The lowest BCUT2D eigenvalue weighted by atomic mass is 10.2. The van der Waals surface area contributed by atoms with E-state index in [0.29, 0.717) is 33.3 Å². The predicted molar refractivity (Wildman–Crippen MR) is 123 cm³/mol. The molecule has 2 aromatic carbocycles. The van der Waals surface area contributed by atoms with Crippen LogP contribution in [0.2, 0.25) is 0 Å². The molecule has 10 heteroatoms. The van der Waals surface area contributed by atoms with E-state index in [-0.39, 0.29) is 5.75 Å². The van der Waals surface area contributed by atoms with E-state index in [2.05, 4.69) is 62.7 Å². The van der Waals surface area contributed by atoms with Crippen LogP contribution in [-0.2, 0) is 6.54 Å². The zero-order valence-electron chi connectivity index (χ0n) is 15.8. The molecule has 0 aliphatic rings. The summed E-state index contributed by atoms with van der Waals surface area (Å²) in [5, 5.41) is 17.2. The third kappa shape index (κ3) is 5.88. The lowest BCUT2D eigenvalue weighted by Crippen LogP contribution is -2.16. The van der Waals surface area contributed by atoms with Gasteiger partial charge in [0.1, 0.15) is 5.75 Å². The van der Waals surface area contributed by atoms with Gasteiger partial charge in [-0.2, -0.15) is 20.1 Å². The molecule has 3 N–H and O–H groups in total. The normalized spacial score (nSPS) is 10.9. The van der Waals surface area contributed by atoms with Gasteiger partial charge in [0.15, 0.2) is 0 Å². The van der Waals surface area contributed by atoms with Crippen LogP contribution in [0.4, 0.5) is 17.8 Å². The maximum absolute atomic E-state index is 9.79. The van der Waals surface area contributed by atoms with E-state index in [1.54, 1.807) is 23.2 Å². The zero-order valence-corrected chi connectivity index (χ0v) is 18.9. The van der Waals surface area contributed by atoms with Gasteiger partial charge in [0, 0.05) is 20.6 Å². The summed E-state index contributed by atoms with van der Waals surface area (Å²) in [5.41, 5.74) is 4.72. The summed E-state index contributed by atoms with van der Waals surface area (Å²) in [6.07, 6.45) is 1.60. The molecule has 0 amide bonds. The van der Waals surface area contributed by atoms with E-state index in [9.17, 15) is 5.11 Å². The van der Waals surface area contributed by atoms with Gasteiger partial charge in [0.05, 0.1) is 15.2 Å². The lowest BCUT2D eigenvalue weighted by molar-refractivity contribution is 0.468. The highest BCUT2D eigenvalue weighted by Gasteiger charge is 2.08. The highest BCUT2D eigenvalue weighted by molar-refractivity contribution is 9.11. The Labute approximate surface area is 185 Å². The van der Waals surface area contributed by atoms with Crippen LogP contribution in [0.15, 0.2) is 56.5 Å². The molecule has 0 aliphatic carbocycles. The maximum atomic E-state index is 9.79. The smallest absolute Gasteiger partial charge is 0.250 e. The van der Waals surface area contributed by atoms with Crippen molar-refractivity contribution >= 4 is 55.9 Å². The van der Waals surface area contributed by atoms with Crippen LogP contribution >= 0.6 is 31.9 Å². The summed E-state index contributed by atoms with van der Waals surface area (Å²) >= 11 is 6.59. The van der Waals surface area contributed by atoms with E-state index < -0.39 is 0 Å². The van der Waals surface area contributed by atoms with Gasteiger partial charge < -0.3 is 15.3 Å². The Hall–Kier alpha value is -2.72. The number of aromatic hydroxyl groups is 1. The second kappa shape index (κ2) is 9.66. The third-order valence-electron chi connectivity index (χ3n) is 3.73. The van der Waals surface area contributed by atoms with Crippen LogP contribution in [0, 0.1) is 0 Å². The largest absolute Gasteiger partial charge is 0.506 e. The van der Waals surface area contributed by atoms with Crippen LogP contribution in [0.3, 0.4) is 0 Å². The molecule has 0 bridgehead atoms. The van der Waals surface area contributed by atoms with Crippen LogP contribution in [0.1, 0.15) is 11.1 Å². The second-order valence-electron chi connectivity index (χ2n) is 6.22. The Kier molecular flexibility index (Phi) is 6.99. The van der Waals surface area contributed by atoms with Gasteiger partial charge in [-0.3, -0.25) is 0 Å². The minimum absolute atomic E-state index is 0.136. The Morgan fingerprint density at radius 1 is 1.03 bits per heavy atom. The molecule has 0 spiro atoms. The number of anilines is 3. The van der Waals surface area contributed by atoms with Crippen molar-refractivity contribution in [2.24, 2.45) is 5.10 Å². The van der Waals surface area contributed by atoms with Crippen molar-refractivity contribution in [1.82, 2.24) is 15.0 Å². The Balaban J connectivity index is 1.75. The second-order valence-corrected chi connectivity index (χ2v) is 7.93. The highest BCUT2D eigenvalue weighted by Crippen LogP contribution is 2.32. The van der Waals surface area contributed by atoms with Gasteiger partial charge in [-0.05, 0) is 55.1 Å². The van der Waals surface area contributed by atoms with Crippen LogP contribution in [0.5, 0.6) is 5.75 Å². The van der Waals surface area contributed by atoms with Gasteiger partial charge in [-0.15, -0.1) is 0 Å². The minimum atomic E-state index is 0.136. The lowest BCUT2D eigenvalue weighted by Gasteiger charge is -2.13. The summed E-state index contributed by atoms with van der Waals surface area (Å²) < 4.78 is 1.13. The molecule has 0 radical (unpaired) electrons. The number of hydrazone groups is 1. The first-order chi connectivity index (χ1) is 13.9. The first kappa shape index (κ1) is 21.0. The average Bonchev–Trinajstić information content (AvgIpc) is 2.71. The number of nitrogens with one attached hydrogen (secondary N) is 2. The third-order valence-corrected chi connectivity index (χ3v) is 4.94. The van der Waals surface area contributed by atoms with Crippen molar-refractivity contribution < 1.29 is 5.11 Å². The number of aromatic nitrogens is 3. The van der Waals surface area contributed by atoms with Gasteiger partial charge in [-0.1, -0.05) is 30.3 Å². The molecule has 1 heterocycles. The van der Waals surface area contributed by atoms with Crippen LogP contribution in [-0.4, -0.2) is 40.4 Å². The quantitative estimate of drug-likeness (QED) is 0.317. The molecule has 0 saturated carbocycles. The van der Waals surface area contributed by atoms with E-state index in [1.807, 2.05) is 44.4 Å². The molecule has 150 valence electrons. The number of hydrogen-bond donors (Lipinski definition) is 3. The molecule has 29 heavy (non-hydrogen) atoms. The number of benzene rings is 2. The van der Waals surface area contributed by atoms with E-state index in [1.165, 1.54) is 0 Å². The van der Waals surface area contributed by atoms with Gasteiger partial charge in [0.25, 0.3) is 0 Å². The standard InChI is InChI=1S/C19H19Br2N7O/c1-28(2)19-25-17(22-10-12-6-4-3-5-7-12)24-18(26-19)27-23-11-13-8-14(20)16(29)15(21)9-13/h3-9,11,29H,10H2,1-2H3,(H2,22,24,25,26,27)/b23-11-. The summed E-state index contributed by atoms with van der Waals surface area (Å²) in [6.45, 7) is 0.593. The van der Waals surface area contributed by atoms with Crippen molar-refractivity contribution in [2.75, 3.05) is 29.7 Å². The van der Waals surface area contributed by atoms with E-state index >= 15 is 0 Å². The van der Waals surface area contributed by atoms with Gasteiger partial charge in [-0.25, -0.2) is 5.43 Å². The Morgan fingerprint density at radius 3 is 2.34 bits per heavy atom. The fourth-order valence-corrected chi connectivity index (χ4v) is 3.52. The Bertz CT molecular complexity index is 990. The number of halogens is 2. The fourth-order valence-electron chi connectivity index (χ4n) is 2.29. The van der Waals surface area contributed by atoms with Crippen LogP contribution < -0.4 is 15.6 Å². The zero-order chi connectivity index (χ0) is 20.8. The molecule has 0 aliphatic heterocycles. The first-order valence-corrected chi connectivity index (χ1v) is 10.2. The predicted octanol–water partition coefficient (Wildman–Crippen LogP) is 4.23. The van der Waals surface area contributed by atoms with E-state index in [4.69, 9.17) is 0 Å². The fraction of sp³-hybridized carbons (Fsp3) is 0.158. The topological polar surface area (TPSA) is 98.6 Å². The van der Waals surface area contributed by atoms with Crippen molar-refractivity contribution in [2.45, 2.75) is 6.54 Å². The summed E-state index contributed by atoms with van der Waals surface area (Å²) in [5.74, 6) is 1.40. The summed E-state index contributed by atoms with van der Waals surface area (Å²) in [6, 6.07) is 13.5. The van der Waals surface area contributed by atoms with Crippen molar-refractivity contribution in [3.8, 4) is 5.75 Å². The van der Waals surface area contributed by atoms with Crippen LogP contribution in [0.25, 0.3) is 0 Å². The summed E-state index contributed by atoms with van der Waals surface area (Å²) in [4.78, 5) is 14.9. The van der Waals surface area contributed by atoms with Gasteiger partial charge >= 0.3 is 0 Å². The van der Waals surface area contributed by atoms with Crippen molar-refractivity contribution in [1.29, 1.82) is 0 Å². The minimum Gasteiger partial charge on any atom is -0.506 e. The average molecular weight is 521 g/mol. The molecule has 0 saturated heterocycles. The molecular formula is C19H19Br2N7O. The molecule has 3 aromatic rings. The molecule has 8 nitrogen and oxygen atoms in total. The molecule has 1 aromatic heterocycles. The molecule has 0 fully saturated rings. The molecule has 0 atom stereocenters. The molecular weight excluding hydrogens is 502 g/mol. The van der Waals surface area contributed by atoms with E-state index in [0.717, 1.165) is 11.1 Å². The van der Waals surface area contributed by atoms with Crippen molar-refractivity contribution in [3.05, 3.63) is 62.5 Å². The number of phenols is 1. The number of nitrogens with zero attached hydrogens (tertiary/aromatic N) is 5. The number of rotatable bonds is 7. The monoisotopic (exact) mass is 519 g/mol. The SMILES string of the molecule is CN(C)c1nc(NCc2ccccc2)nc(N/N=C\c2cc(Br)c(O)c(Br)c2)n1. The van der Waals surface area contributed by atoms with Gasteiger partial charge in [0.2, 0.25) is 17.8 Å². The Morgan fingerprint density at radius 2 is 1.69 bits per heavy atom. The molecule has 0 unspecified atom stereocenters. The molecule has 3 rings (SSSR count). The first-order valence-electron chi connectivity index (χ1n) is 8.60. The summed E-state index contributed by atoms with van der Waals surface area (Å²) in [7, 11) is 3.71.